The molecule has 0 aliphatic heterocycles. The summed E-state index contributed by atoms with van der Waals surface area (Å²) in [4.78, 5) is 5.96. The van der Waals surface area contributed by atoms with Crippen LogP contribution in [0.1, 0.15) is 42.0 Å². The average Bonchev–Trinajstić information content (AvgIpc) is 3.58. The molecule has 28 heavy (non-hydrogen) atoms. The fourth-order valence-electron chi connectivity index (χ4n) is 3.51. The van der Waals surface area contributed by atoms with Crippen LogP contribution in [0.5, 0.6) is 0 Å². The number of hydrogen-bond acceptors (Lipinski definition) is 2. The lowest BCUT2D eigenvalue weighted by atomic mass is 9.97. The van der Waals surface area contributed by atoms with Gasteiger partial charge in [-0.1, -0.05) is 79.7 Å². The van der Waals surface area contributed by atoms with Crippen molar-refractivity contribution in [1.82, 2.24) is 5.48 Å². The highest BCUT2D eigenvalue weighted by molar-refractivity contribution is 5.70. The Morgan fingerprint density at radius 3 is 2.32 bits per heavy atom. The van der Waals surface area contributed by atoms with Crippen molar-refractivity contribution in [2.45, 2.75) is 39.7 Å². The molecule has 1 N–H and O–H groups in total. The Morgan fingerprint density at radius 2 is 1.64 bits per heavy atom. The van der Waals surface area contributed by atoms with Crippen molar-refractivity contribution in [1.29, 1.82) is 0 Å². The second kappa shape index (κ2) is 8.45. The Labute approximate surface area is 167 Å². The lowest BCUT2D eigenvalue weighted by Gasteiger charge is -2.15. The minimum absolute atomic E-state index is 0.538. The van der Waals surface area contributed by atoms with Crippen molar-refractivity contribution in [3.8, 4) is 11.1 Å². The SMILES string of the molecule is CCc1ccc(C(NOCc2cccc(-c3ccccc3)c2C)=C2CC2)cc1. The van der Waals surface area contributed by atoms with E-state index in [-0.39, 0.29) is 0 Å². The van der Waals surface area contributed by atoms with Gasteiger partial charge >= 0.3 is 0 Å². The lowest BCUT2D eigenvalue weighted by molar-refractivity contribution is 0.0641. The Bertz CT molecular complexity index is 965. The summed E-state index contributed by atoms with van der Waals surface area (Å²) in [5, 5.41) is 0. The van der Waals surface area contributed by atoms with Gasteiger partial charge in [-0.2, -0.15) is 0 Å². The van der Waals surface area contributed by atoms with Crippen molar-refractivity contribution in [2.24, 2.45) is 0 Å². The number of hydrogen-bond donors (Lipinski definition) is 1. The van der Waals surface area contributed by atoms with Crippen LogP contribution in [0.2, 0.25) is 0 Å². The quantitative estimate of drug-likeness (QED) is 0.483. The van der Waals surface area contributed by atoms with Gasteiger partial charge in [-0.25, -0.2) is 0 Å². The highest BCUT2D eigenvalue weighted by Gasteiger charge is 2.19. The summed E-state index contributed by atoms with van der Waals surface area (Å²) in [5.41, 5.74) is 13.4. The predicted octanol–water partition coefficient (Wildman–Crippen LogP) is 6.45. The van der Waals surface area contributed by atoms with E-state index < -0.39 is 0 Å². The molecule has 0 amide bonds. The largest absolute Gasteiger partial charge is 0.271 e. The number of aryl methyl sites for hydroxylation is 1. The number of nitrogens with one attached hydrogen (secondary N) is 1. The van der Waals surface area contributed by atoms with Gasteiger partial charge in [-0.3, -0.25) is 10.3 Å². The highest BCUT2D eigenvalue weighted by atomic mass is 16.6. The van der Waals surface area contributed by atoms with E-state index >= 15 is 0 Å². The maximum atomic E-state index is 5.96. The summed E-state index contributed by atoms with van der Waals surface area (Å²) in [7, 11) is 0. The number of benzene rings is 3. The van der Waals surface area contributed by atoms with E-state index in [1.54, 1.807) is 0 Å². The Morgan fingerprint density at radius 1 is 0.893 bits per heavy atom. The molecule has 0 atom stereocenters. The molecule has 142 valence electrons. The van der Waals surface area contributed by atoms with Gasteiger partial charge in [-0.15, -0.1) is 0 Å². The average molecular weight is 370 g/mol. The van der Waals surface area contributed by atoms with Crippen LogP contribution in [0.4, 0.5) is 0 Å². The molecule has 2 heteroatoms. The van der Waals surface area contributed by atoms with Crippen LogP contribution in [0.3, 0.4) is 0 Å². The molecule has 0 heterocycles. The van der Waals surface area contributed by atoms with Gasteiger partial charge in [-0.05, 0) is 65.1 Å². The maximum absolute atomic E-state index is 5.96. The van der Waals surface area contributed by atoms with Gasteiger partial charge in [0, 0.05) is 0 Å². The first-order chi connectivity index (χ1) is 13.8. The van der Waals surface area contributed by atoms with Crippen LogP contribution >= 0.6 is 0 Å². The first kappa shape index (κ1) is 18.5. The first-order valence-electron chi connectivity index (χ1n) is 10.1. The highest BCUT2D eigenvalue weighted by Crippen LogP contribution is 2.35. The summed E-state index contributed by atoms with van der Waals surface area (Å²) >= 11 is 0. The van der Waals surface area contributed by atoms with E-state index in [2.05, 4.69) is 92.1 Å². The minimum atomic E-state index is 0.538. The zero-order valence-corrected chi connectivity index (χ0v) is 16.7. The second-order valence-corrected chi connectivity index (χ2v) is 7.38. The molecule has 1 fully saturated rings. The predicted molar refractivity (Wildman–Crippen MR) is 117 cm³/mol. The summed E-state index contributed by atoms with van der Waals surface area (Å²) in [6, 6.07) is 25.7. The van der Waals surface area contributed by atoms with E-state index in [0.29, 0.717) is 6.61 Å². The molecule has 1 saturated carbocycles. The molecular formula is C26H27NO. The summed E-state index contributed by atoms with van der Waals surface area (Å²) in [5.74, 6) is 0. The van der Waals surface area contributed by atoms with E-state index in [9.17, 15) is 0 Å². The van der Waals surface area contributed by atoms with Crippen LogP contribution in [-0.2, 0) is 17.9 Å². The van der Waals surface area contributed by atoms with Crippen molar-refractivity contribution >= 4 is 5.70 Å². The standard InChI is InChI=1S/C26H27NO/c1-3-20-12-14-22(15-13-20)26(23-16-17-23)27-28-18-24-10-7-11-25(19(24)2)21-8-5-4-6-9-21/h4-15,27H,3,16-18H2,1-2H3. The fourth-order valence-corrected chi connectivity index (χ4v) is 3.51. The summed E-state index contributed by atoms with van der Waals surface area (Å²) in [6.45, 7) is 4.89. The molecule has 0 aromatic heterocycles. The Kier molecular flexibility index (Phi) is 5.59. The fraction of sp³-hybridized carbons (Fsp3) is 0.231. The van der Waals surface area contributed by atoms with E-state index in [4.69, 9.17) is 4.84 Å². The molecule has 3 aromatic rings. The van der Waals surface area contributed by atoms with E-state index in [1.807, 2.05) is 0 Å². The van der Waals surface area contributed by atoms with Gasteiger partial charge in [0.25, 0.3) is 0 Å². The molecular weight excluding hydrogens is 342 g/mol. The van der Waals surface area contributed by atoms with Crippen LogP contribution in [0, 0.1) is 6.92 Å². The first-order valence-corrected chi connectivity index (χ1v) is 10.1. The lowest BCUT2D eigenvalue weighted by Crippen LogP contribution is -2.14. The van der Waals surface area contributed by atoms with Crippen LogP contribution in [0.25, 0.3) is 16.8 Å². The molecule has 3 aromatic carbocycles. The zero-order chi connectivity index (χ0) is 19.3. The molecule has 0 spiro atoms. The summed E-state index contributed by atoms with van der Waals surface area (Å²) < 4.78 is 0. The Balaban J connectivity index is 1.46. The van der Waals surface area contributed by atoms with Gasteiger partial charge in [0.1, 0.15) is 0 Å². The molecule has 0 unspecified atom stereocenters. The minimum Gasteiger partial charge on any atom is -0.271 e. The molecule has 2 nitrogen and oxygen atoms in total. The van der Waals surface area contributed by atoms with Crippen LogP contribution in [0.15, 0.2) is 78.4 Å². The van der Waals surface area contributed by atoms with Gasteiger partial charge < -0.3 is 0 Å². The summed E-state index contributed by atoms with van der Waals surface area (Å²) in [6.07, 6.45) is 3.38. The molecule has 1 aliphatic rings. The third-order valence-corrected chi connectivity index (χ3v) is 5.44. The third-order valence-electron chi connectivity index (χ3n) is 5.44. The van der Waals surface area contributed by atoms with Crippen LogP contribution < -0.4 is 5.48 Å². The Hall–Kier alpha value is -2.84. The second-order valence-electron chi connectivity index (χ2n) is 7.38. The van der Waals surface area contributed by atoms with Crippen molar-refractivity contribution < 1.29 is 4.84 Å². The molecule has 4 rings (SSSR count). The molecule has 1 aliphatic carbocycles. The smallest absolute Gasteiger partial charge is 0.0999 e. The van der Waals surface area contributed by atoms with Crippen molar-refractivity contribution in [3.05, 3.63) is 101 Å². The normalized spacial score (nSPS) is 12.7. The van der Waals surface area contributed by atoms with Crippen LogP contribution in [-0.4, -0.2) is 0 Å². The third kappa shape index (κ3) is 4.18. The van der Waals surface area contributed by atoms with Gasteiger partial charge in [0.2, 0.25) is 0 Å². The molecule has 0 radical (unpaired) electrons. The molecule has 0 bridgehead atoms. The van der Waals surface area contributed by atoms with Crippen molar-refractivity contribution in [3.63, 3.8) is 0 Å². The van der Waals surface area contributed by atoms with E-state index in [1.165, 1.54) is 39.0 Å². The zero-order valence-electron chi connectivity index (χ0n) is 16.7. The maximum Gasteiger partial charge on any atom is 0.0999 e. The number of allylic oxidation sites excluding steroid dienone is 1. The monoisotopic (exact) mass is 369 g/mol. The van der Waals surface area contributed by atoms with Gasteiger partial charge in [0.15, 0.2) is 0 Å². The topological polar surface area (TPSA) is 21.3 Å². The molecule has 0 saturated heterocycles. The number of hydroxylamine groups is 1. The van der Waals surface area contributed by atoms with Crippen molar-refractivity contribution in [2.75, 3.05) is 0 Å². The van der Waals surface area contributed by atoms with Gasteiger partial charge in [0.05, 0.1) is 12.3 Å². The number of rotatable bonds is 7. The van der Waals surface area contributed by atoms with E-state index in [0.717, 1.165) is 25.0 Å².